The average molecular weight is 264 g/mol. The number of benzene rings is 1. The summed E-state index contributed by atoms with van der Waals surface area (Å²) in [6.45, 7) is 8.21. The lowest BCUT2D eigenvalue weighted by molar-refractivity contribution is 0.410. The fourth-order valence-electron chi connectivity index (χ4n) is 2.12. The van der Waals surface area contributed by atoms with E-state index in [1.54, 1.807) is 7.11 Å². The summed E-state index contributed by atoms with van der Waals surface area (Å²) in [5.74, 6) is 0.983. The summed E-state index contributed by atoms with van der Waals surface area (Å²) >= 11 is 0. The Morgan fingerprint density at radius 2 is 2.05 bits per heavy atom. The molecule has 0 saturated heterocycles. The van der Waals surface area contributed by atoms with Crippen molar-refractivity contribution in [2.24, 2.45) is 5.73 Å². The highest BCUT2D eigenvalue weighted by molar-refractivity contribution is 5.37. The molecule has 0 spiro atoms. The first-order chi connectivity index (χ1) is 8.96. The van der Waals surface area contributed by atoms with Gasteiger partial charge in [0.25, 0.3) is 0 Å². The van der Waals surface area contributed by atoms with Crippen molar-refractivity contribution in [3.63, 3.8) is 0 Å². The van der Waals surface area contributed by atoms with E-state index in [-0.39, 0.29) is 5.54 Å². The fourth-order valence-corrected chi connectivity index (χ4v) is 2.12. The van der Waals surface area contributed by atoms with Crippen LogP contribution in [-0.2, 0) is 13.0 Å². The highest BCUT2D eigenvalue weighted by Crippen LogP contribution is 2.20. The molecule has 0 heterocycles. The predicted octanol–water partition coefficient (Wildman–Crippen LogP) is 2.86. The monoisotopic (exact) mass is 264 g/mol. The Kier molecular flexibility index (Phi) is 6.32. The number of methoxy groups -OCH3 is 1. The molecule has 0 atom stereocenters. The third kappa shape index (κ3) is 6.08. The van der Waals surface area contributed by atoms with Gasteiger partial charge in [0.2, 0.25) is 0 Å². The molecule has 0 amide bonds. The molecule has 108 valence electrons. The van der Waals surface area contributed by atoms with Crippen LogP contribution >= 0.6 is 0 Å². The summed E-state index contributed by atoms with van der Waals surface area (Å²) < 4.78 is 5.34. The van der Waals surface area contributed by atoms with Crippen molar-refractivity contribution in [2.45, 2.75) is 52.1 Å². The number of nitrogens with one attached hydrogen (secondary N) is 1. The highest BCUT2D eigenvalue weighted by Gasteiger charge is 2.09. The van der Waals surface area contributed by atoms with Crippen LogP contribution in [0.15, 0.2) is 18.2 Å². The number of hydrogen-bond acceptors (Lipinski definition) is 3. The van der Waals surface area contributed by atoms with Crippen LogP contribution in [0.3, 0.4) is 0 Å². The summed E-state index contributed by atoms with van der Waals surface area (Å²) in [7, 11) is 1.72. The standard InChI is InChI=1S/C16H28N2O/c1-5-14-11-13(7-8-15(14)19-4)12-18-10-6-9-16(2,3)17/h7-8,11,18H,5-6,9-10,12,17H2,1-4H3. The Hall–Kier alpha value is -1.06. The topological polar surface area (TPSA) is 47.3 Å². The number of aryl methyl sites for hydroxylation is 1. The van der Waals surface area contributed by atoms with Gasteiger partial charge in [0.15, 0.2) is 0 Å². The molecule has 1 aromatic carbocycles. The number of hydrogen-bond donors (Lipinski definition) is 2. The molecule has 0 aliphatic rings. The predicted molar refractivity (Wildman–Crippen MR) is 81.6 cm³/mol. The molecule has 0 fully saturated rings. The van der Waals surface area contributed by atoms with E-state index in [9.17, 15) is 0 Å². The Labute approximate surface area is 117 Å². The quantitative estimate of drug-likeness (QED) is 0.710. The molecule has 0 unspecified atom stereocenters. The minimum atomic E-state index is -0.0584. The van der Waals surface area contributed by atoms with Crippen LogP contribution in [0.25, 0.3) is 0 Å². The maximum Gasteiger partial charge on any atom is 0.122 e. The van der Waals surface area contributed by atoms with Gasteiger partial charge in [-0.2, -0.15) is 0 Å². The van der Waals surface area contributed by atoms with Gasteiger partial charge in [-0.3, -0.25) is 0 Å². The van der Waals surface area contributed by atoms with Crippen LogP contribution in [0.5, 0.6) is 5.75 Å². The SMILES string of the molecule is CCc1cc(CNCCCC(C)(C)N)ccc1OC. The summed E-state index contributed by atoms with van der Waals surface area (Å²) in [6.07, 6.45) is 3.15. The van der Waals surface area contributed by atoms with Gasteiger partial charge in [-0.1, -0.05) is 19.1 Å². The lowest BCUT2D eigenvalue weighted by Crippen LogP contribution is -2.32. The Balaban J connectivity index is 2.37. The van der Waals surface area contributed by atoms with Crippen molar-refractivity contribution >= 4 is 0 Å². The fraction of sp³-hybridized carbons (Fsp3) is 0.625. The van der Waals surface area contributed by atoms with Crippen molar-refractivity contribution in [3.8, 4) is 5.75 Å². The number of nitrogens with two attached hydrogens (primary N) is 1. The van der Waals surface area contributed by atoms with Crippen molar-refractivity contribution < 1.29 is 4.74 Å². The lowest BCUT2D eigenvalue weighted by atomic mass is 10.0. The molecule has 3 nitrogen and oxygen atoms in total. The van der Waals surface area contributed by atoms with Gasteiger partial charge < -0.3 is 15.8 Å². The van der Waals surface area contributed by atoms with Crippen molar-refractivity contribution in [2.75, 3.05) is 13.7 Å². The highest BCUT2D eigenvalue weighted by atomic mass is 16.5. The van der Waals surface area contributed by atoms with Gasteiger partial charge in [-0.25, -0.2) is 0 Å². The molecule has 0 aliphatic heterocycles. The smallest absolute Gasteiger partial charge is 0.122 e. The van der Waals surface area contributed by atoms with Crippen molar-refractivity contribution in [1.29, 1.82) is 0 Å². The largest absolute Gasteiger partial charge is 0.496 e. The second-order valence-electron chi connectivity index (χ2n) is 5.77. The maximum atomic E-state index is 5.96. The normalized spacial score (nSPS) is 11.6. The van der Waals surface area contributed by atoms with E-state index in [0.29, 0.717) is 0 Å². The Bertz CT molecular complexity index is 383. The zero-order chi connectivity index (χ0) is 14.3. The first kappa shape index (κ1) is 16.0. The maximum absolute atomic E-state index is 5.96. The second kappa shape index (κ2) is 7.51. The number of rotatable bonds is 8. The van der Waals surface area contributed by atoms with Gasteiger partial charge in [0.05, 0.1) is 7.11 Å². The minimum Gasteiger partial charge on any atom is -0.496 e. The van der Waals surface area contributed by atoms with E-state index in [1.807, 2.05) is 0 Å². The summed E-state index contributed by atoms with van der Waals surface area (Å²) in [5.41, 5.74) is 8.48. The van der Waals surface area contributed by atoms with Crippen LogP contribution in [0.1, 0.15) is 44.7 Å². The molecular formula is C16H28N2O. The van der Waals surface area contributed by atoms with Gasteiger partial charge in [-0.05, 0) is 56.8 Å². The summed E-state index contributed by atoms with van der Waals surface area (Å²) in [4.78, 5) is 0. The molecule has 0 saturated carbocycles. The van der Waals surface area contributed by atoms with Crippen LogP contribution in [0.2, 0.25) is 0 Å². The Morgan fingerprint density at radius 1 is 1.32 bits per heavy atom. The molecule has 3 heteroatoms. The van der Waals surface area contributed by atoms with E-state index in [0.717, 1.165) is 38.1 Å². The number of ether oxygens (including phenoxy) is 1. The van der Waals surface area contributed by atoms with Crippen LogP contribution in [0.4, 0.5) is 0 Å². The Morgan fingerprint density at radius 3 is 2.63 bits per heavy atom. The van der Waals surface area contributed by atoms with E-state index in [2.05, 4.69) is 44.3 Å². The third-order valence-electron chi connectivity index (χ3n) is 3.23. The van der Waals surface area contributed by atoms with Crippen molar-refractivity contribution in [3.05, 3.63) is 29.3 Å². The van der Waals surface area contributed by atoms with Crippen LogP contribution in [-0.4, -0.2) is 19.2 Å². The molecule has 0 aliphatic carbocycles. The van der Waals surface area contributed by atoms with Gasteiger partial charge in [0.1, 0.15) is 5.75 Å². The zero-order valence-electron chi connectivity index (χ0n) is 12.8. The molecule has 1 aromatic rings. The first-order valence-corrected chi connectivity index (χ1v) is 7.11. The summed E-state index contributed by atoms with van der Waals surface area (Å²) in [6, 6.07) is 6.40. The molecular weight excluding hydrogens is 236 g/mol. The molecule has 0 aromatic heterocycles. The first-order valence-electron chi connectivity index (χ1n) is 7.11. The van der Waals surface area contributed by atoms with E-state index >= 15 is 0 Å². The van der Waals surface area contributed by atoms with E-state index < -0.39 is 0 Å². The van der Waals surface area contributed by atoms with Crippen LogP contribution in [0, 0.1) is 0 Å². The van der Waals surface area contributed by atoms with Gasteiger partial charge in [0, 0.05) is 12.1 Å². The van der Waals surface area contributed by atoms with Crippen molar-refractivity contribution in [1.82, 2.24) is 5.32 Å². The molecule has 0 radical (unpaired) electrons. The van der Waals surface area contributed by atoms with E-state index in [1.165, 1.54) is 11.1 Å². The molecule has 0 bridgehead atoms. The minimum absolute atomic E-state index is 0.0584. The lowest BCUT2D eigenvalue weighted by Gasteiger charge is -2.18. The van der Waals surface area contributed by atoms with Gasteiger partial charge in [-0.15, -0.1) is 0 Å². The average Bonchev–Trinajstić information content (AvgIpc) is 2.36. The summed E-state index contributed by atoms with van der Waals surface area (Å²) in [5, 5.41) is 3.47. The van der Waals surface area contributed by atoms with E-state index in [4.69, 9.17) is 10.5 Å². The second-order valence-corrected chi connectivity index (χ2v) is 5.77. The third-order valence-corrected chi connectivity index (χ3v) is 3.23. The zero-order valence-corrected chi connectivity index (χ0v) is 12.8. The van der Waals surface area contributed by atoms with Crippen LogP contribution < -0.4 is 15.8 Å². The molecule has 1 rings (SSSR count). The molecule has 19 heavy (non-hydrogen) atoms. The molecule has 3 N–H and O–H groups in total. The van der Waals surface area contributed by atoms with Gasteiger partial charge >= 0.3 is 0 Å².